The lowest BCUT2D eigenvalue weighted by Gasteiger charge is -2.41. The van der Waals surface area contributed by atoms with Crippen LogP contribution in [0.15, 0.2) is 42.5 Å². The van der Waals surface area contributed by atoms with Gasteiger partial charge in [0.25, 0.3) is 5.91 Å². The Morgan fingerprint density at radius 3 is 2.64 bits per heavy atom. The molecule has 1 saturated heterocycles. The molecule has 2 heterocycles. The number of anilines is 1. The number of fused-ring (bicyclic) bond motifs is 1. The molecule has 5 heteroatoms. The molecule has 1 amide bonds. The molecule has 0 radical (unpaired) electrons. The number of methoxy groups -OCH3 is 1. The zero-order chi connectivity index (χ0) is 19.8. The number of hydrogen-bond acceptors (Lipinski definition) is 3. The van der Waals surface area contributed by atoms with Gasteiger partial charge in [0.1, 0.15) is 5.75 Å². The number of carbonyl (C=O) groups excluding carboxylic acids is 1. The van der Waals surface area contributed by atoms with Gasteiger partial charge in [0.2, 0.25) is 0 Å². The number of benzene rings is 2. The second kappa shape index (κ2) is 7.23. The predicted molar refractivity (Wildman–Crippen MR) is 113 cm³/mol. The van der Waals surface area contributed by atoms with E-state index in [1.165, 1.54) is 5.56 Å². The quantitative estimate of drug-likeness (QED) is 0.746. The van der Waals surface area contributed by atoms with Gasteiger partial charge in [-0.15, -0.1) is 0 Å². The highest BCUT2D eigenvalue weighted by Crippen LogP contribution is 2.31. The summed E-state index contributed by atoms with van der Waals surface area (Å²) in [6.07, 6.45) is 0. The smallest absolute Gasteiger partial charge is 0.256 e. The molecule has 2 aromatic carbocycles. The third kappa shape index (κ3) is 3.01. The van der Waals surface area contributed by atoms with E-state index >= 15 is 0 Å². The Balaban J connectivity index is 1.59. The number of piperazine rings is 1. The summed E-state index contributed by atoms with van der Waals surface area (Å²) in [5, 5.41) is 1.13. The number of carbonyl (C=O) groups is 1. The summed E-state index contributed by atoms with van der Waals surface area (Å²) in [6, 6.07) is 14.2. The van der Waals surface area contributed by atoms with Crippen LogP contribution in [-0.4, -0.2) is 48.6 Å². The van der Waals surface area contributed by atoms with Gasteiger partial charge in [-0.25, -0.2) is 0 Å². The standard InChI is InChI=1S/C23H27N3O2/c1-15-14-25(20-10-5-6-11-21(20)28-4)12-13-26(15)23(27)19-9-7-8-18-16(2)17(3)24-22(18)19/h5-11,15,24H,12-14H2,1-4H3. The van der Waals surface area contributed by atoms with Crippen molar-refractivity contribution < 1.29 is 9.53 Å². The summed E-state index contributed by atoms with van der Waals surface area (Å²) >= 11 is 0. The van der Waals surface area contributed by atoms with E-state index in [4.69, 9.17) is 4.74 Å². The van der Waals surface area contributed by atoms with Crippen molar-refractivity contribution in [2.75, 3.05) is 31.6 Å². The van der Waals surface area contributed by atoms with Gasteiger partial charge < -0.3 is 19.5 Å². The topological polar surface area (TPSA) is 48.6 Å². The van der Waals surface area contributed by atoms with Gasteiger partial charge in [-0.2, -0.15) is 0 Å². The van der Waals surface area contributed by atoms with Crippen LogP contribution in [0.5, 0.6) is 5.75 Å². The van der Waals surface area contributed by atoms with Crippen LogP contribution in [0.3, 0.4) is 0 Å². The van der Waals surface area contributed by atoms with Crippen molar-refractivity contribution in [1.29, 1.82) is 0 Å². The Bertz CT molecular complexity index is 1020. The number of hydrogen-bond donors (Lipinski definition) is 1. The number of ether oxygens (including phenoxy) is 1. The van der Waals surface area contributed by atoms with Crippen molar-refractivity contribution in [2.24, 2.45) is 0 Å². The molecule has 0 aliphatic carbocycles. The van der Waals surface area contributed by atoms with Crippen molar-refractivity contribution in [3.63, 3.8) is 0 Å². The number of amides is 1. The molecular weight excluding hydrogens is 350 g/mol. The van der Waals surface area contributed by atoms with Gasteiger partial charge in [0, 0.05) is 36.8 Å². The van der Waals surface area contributed by atoms with Crippen molar-refractivity contribution in [3.8, 4) is 5.75 Å². The van der Waals surface area contributed by atoms with Crippen molar-refractivity contribution >= 4 is 22.5 Å². The van der Waals surface area contributed by atoms with Crippen LogP contribution in [0.25, 0.3) is 10.9 Å². The van der Waals surface area contributed by atoms with E-state index in [1.54, 1.807) is 7.11 Å². The zero-order valence-corrected chi connectivity index (χ0v) is 17.0. The number of nitrogens with zero attached hydrogens (tertiary/aromatic N) is 2. The fraction of sp³-hybridized carbons (Fsp3) is 0.348. The van der Waals surface area contributed by atoms with E-state index in [2.05, 4.69) is 42.8 Å². The van der Waals surface area contributed by atoms with Crippen molar-refractivity contribution in [1.82, 2.24) is 9.88 Å². The van der Waals surface area contributed by atoms with Crippen molar-refractivity contribution in [3.05, 3.63) is 59.3 Å². The highest BCUT2D eigenvalue weighted by Gasteiger charge is 2.30. The van der Waals surface area contributed by atoms with Gasteiger partial charge in [-0.1, -0.05) is 24.3 Å². The first-order valence-electron chi connectivity index (χ1n) is 9.78. The molecular formula is C23H27N3O2. The maximum absolute atomic E-state index is 13.4. The van der Waals surface area contributed by atoms with Gasteiger partial charge in [-0.05, 0) is 44.5 Å². The number of aromatic amines is 1. The maximum Gasteiger partial charge on any atom is 0.256 e. The number of aromatic nitrogens is 1. The second-order valence-corrected chi connectivity index (χ2v) is 7.57. The Kier molecular flexibility index (Phi) is 4.75. The highest BCUT2D eigenvalue weighted by molar-refractivity contribution is 6.06. The average molecular weight is 377 g/mol. The molecule has 4 rings (SSSR count). The molecule has 1 fully saturated rings. The zero-order valence-electron chi connectivity index (χ0n) is 17.0. The molecule has 146 valence electrons. The van der Waals surface area contributed by atoms with E-state index in [0.717, 1.165) is 46.7 Å². The van der Waals surface area contributed by atoms with Gasteiger partial charge in [0.15, 0.2) is 0 Å². The van der Waals surface area contributed by atoms with Crippen LogP contribution in [0.2, 0.25) is 0 Å². The van der Waals surface area contributed by atoms with Gasteiger partial charge >= 0.3 is 0 Å². The summed E-state index contributed by atoms with van der Waals surface area (Å²) in [7, 11) is 1.70. The molecule has 1 aliphatic rings. The van der Waals surface area contributed by atoms with Gasteiger partial charge in [-0.3, -0.25) is 4.79 Å². The molecule has 5 nitrogen and oxygen atoms in total. The maximum atomic E-state index is 13.4. The minimum atomic E-state index is 0.0963. The van der Waals surface area contributed by atoms with E-state index in [1.807, 2.05) is 35.2 Å². The Morgan fingerprint density at radius 2 is 1.89 bits per heavy atom. The fourth-order valence-corrected chi connectivity index (χ4v) is 4.18. The Labute approximate surface area is 165 Å². The molecule has 1 N–H and O–H groups in total. The van der Waals surface area contributed by atoms with Crippen LogP contribution in [0, 0.1) is 13.8 Å². The number of H-pyrrole nitrogens is 1. The van der Waals surface area contributed by atoms with Crippen LogP contribution in [0.1, 0.15) is 28.5 Å². The summed E-state index contributed by atoms with van der Waals surface area (Å²) < 4.78 is 5.51. The summed E-state index contributed by atoms with van der Waals surface area (Å²) in [6.45, 7) is 8.52. The first kappa shape index (κ1) is 18.4. The molecule has 1 aromatic heterocycles. The van der Waals surface area contributed by atoms with Crippen LogP contribution < -0.4 is 9.64 Å². The van der Waals surface area contributed by atoms with Crippen molar-refractivity contribution in [2.45, 2.75) is 26.8 Å². The molecule has 0 bridgehead atoms. The summed E-state index contributed by atoms with van der Waals surface area (Å²) in [5.74, 6) is 0.968. The molecule has 1 aliphatic heterocycles. The lowest BCUT2D eigenvalue weighted by atomic mass is 10.1. The largest absolute Gasteiger partial charge is 0.495 e. The first-order valence-corrected chi connectivity index (χ1v) is 9.78. The summed E-state index contributed by atoms with van der Waals surface area (Å²) in [4.78, 5) is 21.1. The summed E-state index contributed by atoms with van der Waals surface area (Å²) in [5.41, 5.74) is 5.11. The van der Waals surface area contributed by atoms with Gasteiger partial charge in [0.05, 0.1) is 23.9 Å². The minimum Gasteiger partial charge on any atom is -0.495 e. The van der Waals surface area contributed by atoms with E-state index < -0.39 is 0 Å². The third-order valence-electron chi connectivity index (χ3n) is 5.89. The highest BCUT2D eigenvalue weighted by atomic mass is 16.5. The predicted octanol–water partition coefficient (Wildman–Crippen LogP) is 4.14. The average Bonchev–Trinajstić information content (AvgIpc) is 3.01. The molecule has 3 aromatic rings. The van der Waals surface area contributed by atoms with Crippen LogP contribution >= 0.6 is 0 Å². The Hall–Kier alpha value is -2.95. The van der Waals surface area contributed by atoms with Crippen LogP contribution in [-0.2, 0) is 0 Å². The lowest BCUT2D eigenvalue weighted by molar-refractivity contribution is 0.0676. The fourth-order valence-electron chi connectivity index (χ4n) is 4.18. The third-order valence-corrected chi connectivity index (χ3v) is 5.89. The Morgan fingerprint density at radius 1 is 1.11 bits per heavy atom. The number of aryl methyl sites for hydroxylation is 2. The number of nitrogens with one attached hydrogen (secondary N) is 1. The van der Waals surface area contributed by atoms with E-state index in [-0.39, 0.29) is 11.9 Å². The van der Waals surface area contributed by atoms with Crippen LogP contribution in [0.4, 0.5) is 5.69 Å². The molecule has 0 saturated carbocycles. The SMILES string of the molecule is COc1ccccc1N1CCN(C(=O)c2cccc3c(C)c(C)[nH]c23)C(C)C1. The monoisotopic (exact) mass is 377 g/mol. The number of para-hydroxylation sites is 3. The molecule has 1 unspecified atom stereocenters. The lowest BCUT2D eigenvalue weighted by Crippen LogP contribution is -2.54. The minimum absolute atomic E-state index is 0.0963. The number of rotatable bonds is 3. The molecule has 28 heavy (non-hydrogen) atoms. The molecule has 0 spiro atoms. The van der Waals surface area contributed by atoms with E-state index in [0.29, 0.717) is 6.54 Å². The second-order valence-electron chi connectivity index (χ2n) is 7.57. The molecule has 1 atom stereocenters. The first-order chi connectivity index (χ1) is 13.5. The van der Waals surface area contributed by atoms with E-state index in [9.17, 15) is 4.79 Å². The normalized spacial score (nSPS) is 17.2.